The number of aromatic nitrogens is 1. The number of rotatable bonds is 3. The molecule has 3 heterocycles. The third-order valence-corrected chi connectivity index (χ3v) is 6.23. The van der Waals surface area contributed by atoms with Crippen LogP contribution in [0.5, 0.6) is 0 Å². The van der Waals surface area contributed by atoms with Gasteiger partial charge in [0.1, 0.15) is 5.82 Å². The van der Waals surface area contributed by atoms with E-state index in [9.17, 15) is 4.79 Å². The molecule has 2 aliphatic heterocycles. The van der Waals surface area contributed by atoms with Crippen molar-refractivity contribution in [3.63, 3.8) is 0 Å². The van der Waals surface area contributed by atoms with E-state index in [1.54, 1.807) is 0 Å². The van der Waals surface area contributed by atoms with Crippen molar-refractivity contribution < 1.29 is 4.79 Å². The fraction of sp³-hybridized carbons (Fsp3) is 0.600. The molecular formula is C20H28N4O. The van der Waals surface area contributed by atoms with E-state index < -0.39 is 0 Å². The maximum Gasteiger partial charge on any atom is 0.244 e. The predicted octanol–water partition coefficient (Wildman–Crippen LogP) is 2.70. The Morgan fingerprint density at radius 2 is 1.92 bits per heavy atom. The Morgan fingerprint density at radius 3 is 2.56 bits per heavy atom. The van der Waals surface area contributed by atoms with E-state index >= 15 is 0 Å². The number of hydrogen-bond donors (Lipinski definition) is 1. The fourth-order valence-corrected chi connectivity index (χ4v) is 4.94. The summed E-state index contributed by atoms with van der Waals surface area (Å²) in [6.45, 7) is 6.36. The van der Waals surface area contributed by atoms with Gasteiger partial charge in [0.05, 0.1) is 11.2 Å². The standard InChI is InChI=1S/C20H28N4O/c1-2-14-24-18(25)19(9-5-3-6-10-19)22-20(24)11-15-23(16-12-20)17-8-4-7-13-21-17/h2,4,7-8,13,22H,1,3,5-6,9-12,14-16H2. The topological polar surface area (TPSA) is 48.5 Å². The Bertz CT molecular complexity index is 630. The van der Waals surface area contributed by atoms with E-state index in [0.29, 0.717) is 12.5 Å². The number of hydrogen-bond acceptors (Lipinski definition) is 4. The highest BCUT2D eigenvalue weighted by Gasteiger charge is 2.58. The number of carbonyl (C=O) groups is 1. The van der Waals surface area contributed by atoms with Crippen molar-refractivity contribution in [1.29, 1.82) is 0 Å². The van der Waals surface area contributed by atoms with Crippen LogP contribution >= 0.6 is 0 Å². The van der Waals surface area contributed by atoms with E-state index in [2.05, 4.69) is 32.7 Å². The molecule has 25 heavy (non-hydrogen) atoms. The number of anilines is 1. The van der Waals surface area contributed by atoms with Crippen LogP contribution in [-0.2, 0) is 4.79 Å². The first kappa shape index (κ1) is 16.6. The molecule has 3 aliphatic rings. The van der Waals surface area contributed by atoms with Crippen molar-refractivity contribution in [2.45, 2.75) is 56.1 Å². The summed E-state index contributed by atoms with van der Waals surface area (Å²) in [4.78, 5) is 22.2. The van der Waals surface area contributed by atoms with Crippen LogP contribution in [0.15, 0.2) is 37.1 Å². The van der Waals surface area contributed by atoms with Gasteiger partial charge in [-0.15, -0.1) is 6.58 Å². The second-order valence-electron chi connectivity index (χ2n) is 7.68. The molecule has 2 spiro atoms. The highest BCUT2D eigenvalue weighted by atomic mass is 16.2. The van der Waals surface area contributed by atoms with Crippen LogP contribution in [0.1, 0.15) is 44.9 Å². The summed E-state index contributed by atoms with van der Waals surface area (Å²) >= 11 is 0. The van der Waals surface area contributed by atoms with Gasteiger partial charge in [0, 0.05) is 38.7 Å². The second-order valence-corrected chi connectivity index (χ2v) is 7.68. The molecule has 0 bridgehead atoms. The van der Waals surface area contributed by atoms with Gasteiger partial charge in [-0.05, 0) is 25.0 Å². The first-order valence-corrected chi connectivity index (χ1v) is 9.57. The van der Waals surface area contributed by atoms with Gasteiger partial charge in [-0.2, -0.15) is 0 Å². The third-order valence-electron chi connectivity index (χ3n) is 6.23. The Hall–Kier alpha value is -1.88. The normalized spacial score (nSPS) is 24.9. The van der Waals surface area contributed by atoms with E-state index in [-0.39, 0.29) is 11.2 Å². The van der Waals surface area contributed by atoms with Gasteiger partial charge < -0.3 is 9.80 Å². The summed E-state index contributed by atoms with van der Waals surface area (Å²) in [5, 5.41) is 3.86. The Labute approximate surface area is 150 Å². The molecule has 1 aliphatic carbocycles. The lowest BCUT2D eigenvalue weighted by molar-refractivity contribution is -0.135. The van der Waals surface area contributed by atoms with Crippen LogP contribution in [0, 0.1) is 0 Å². The van der Waals surface area contributed by atoms with E-state index in [4.69, 9.17) is 0 Å². The second kappa shape index (κ2) is 6.45. The average molecular weight is 340 g/mol. The molecule has 0 radical (unpaired) electrons. The first-order chi connectivity index (χ1) is 12.2. The van der Waals surface area contributed by atoms with Crippen LogP contribution in [0.3, 0.4) is 0 Å². The molecule has 1 amide bonds. The summed E-state index contributed by atoms with van der Waals surface area (Å²) in [5.41, 5.74) is -0.539. The molecule has 0 atom stereocenters. The minimum absolute atomic E-state index is 0.214. The lowest BCUT2D eigenvalue weighted by Crippen LogP contribution is -2.60. The highest BCUT2D eigenvalue weighted by Crippen LogP contribution is 2.43. The lowest BCUT2D eigenvalue weighted by atomic mass is 9.81. The molecule has 5 heteroatoms. The Kier molecular flexibility index (Phi) is 4.28. The van der Waals surface area contributed by atoms with Crippen LogP contribution in [0.25, 0.3) is 0 Å². The van der Waals surface area contributed by atoms with Crippen molar-refractivity contribution in [3.8, 4) is 0 Å². The highest BCUT2D eigenvalue weighted by molar-refractivity contribution is 5.90. The Balaban J connectivity index is 1.56. The minimum Gasteiger partial charge on any atom is -0.356 e. The fourth-order valence-electron chi connectivity index (χ4n) is 4.94. The van der Waals surface area contributed by atoms with Crippen molar-refractivity contribution in [2.24, 2.45) is 0 Å². The first-order valence-electron chi connectivity index (χ1n) is 9.57. The number of carbonyl (C=O) groups excluding carboxylic acids is 1. The molecule has 0 unspecified atom stereocenters. The zero-order valence-electron chi connectivity index (χ0n) is 14.9. The molecule has 2 saturated heterocycles. The summed E-state index contributed by atoms with van der Waals surface area (Å²) in [6, 6.07) is 6.05. The predicted molar refractivity (Wildman–Crippen MR) is 99.3 cm³/mol. The number of nitrogens with one attached hydrogen (secondary N) is 1. The van der Waals surface area contributed by atoms with E-state index in [0.717, 1.165) is 57.4 Å². The van der Waals surface area contributed by atoms with Gasteiger partial charge in [0.25, 0.3) is 0 Å². The number of pyridine rings is 1. The zero-order valence-corrected chi connectivity index (χ0v) is 14.9. The summed E-state index contributed by atoms with van der Waals surface area (Å²) in [6.07, 6.45) is 11.1. The minimum atomic E-state index is -0.325. The average Bonchev–Trinajstić information content (AvgIpc) is 2.86. The molecule has 1 saturated carbocycles. The molecule has 1 aromatic heterocycles. The van der Waals surface area contributed by atoms with Gasteiger partial charge in [0.2, 0.25) is 5.91 Å². The van der Waals surface area contributed by atoms with Crippen LogP contribution in [0.4, 0.5) is 5.82 Å². The largest absolute Gasteiger partial charge is 0.356 e. The molecule has 1 aromatic rings. The van der Waals surface area contributed by atoms with Crippen LogP contribution in [-0.4, -0.2) is 46.6 Å². The third kappa shape index (κ3) is 2.74. The molecule has 0 aromatic carbocycles. The smallest absolute Gasteiger partial charge is 0.244 e. The SMILES string of the molecule is C=CCN1C(=O)C2(CCCCC2)NC12CCN(c1ccccn1)CC2. The quantitative estimate of drug-likeness (QED) is 0.860. The van der Waals surface area contributed by atoms with Crippen molar-refractivity contribution in [3.05, 3.63) is 37.1 Å². The number of nitrogens with zero attached hydrogens (tertiary/aromatic N) is 3. The molecule has 1 N–H and O–H groups in total. The van der Waals surface area contributed by atoms with Gasteiger partial charge in [-0.25, -0.2) is 4.98 Å². The van der Waals surface area contributed by atoms with Gasteiger partial charge in [0.15, 0.2) is 0 Å². The lowest BCUT2D eigenvalue weighted by Gasteiger charge is -2.45. The molecule has 3 fully saturated rings. The molecular weight excluding hydrogens is 312 g/mol. The number of piperidine rings is 1. The molecule has 134 valence electrons. The van der Waals surface area contributed by atoms with Gasteiger partial charge in [-0.3, -0.25) is 10.1 Å². The van der Waals surface area contributed by atoms with E-state index in [1.165, 1.54) is 6.42 Å². The Morgan fingerprint density at radius 1 is 1.16 bits per heavy atom. The molecule has 4 rings (SSSR count). The summed E-state index contributed by atoms with van der Waals surface area (Å²) < 4.78 is 0. The summed E-state index contributed by atoms with van der Waals surface area (Å²) in [5.74, 6) is 1.34. The number of amides is 1. The monoisotopic (exact) mass is 340 g/mol. The van der Waals surface area contributed by atoms with Crippen LogP contribution < -0.4 is 10.2 Å². The van der Waals surface area contributed by atoms with Gasteiger partial charge in [-0.1, -0.05) is 31.4 Å². The maximum atomic E-state index is 13.3. The van der Waals surface area contributed by atoms with Crippen LogP contribution in [0.2, 0.25) is 0 Å². The zero-order chi connectivity index (χ0) is 17.3. The van der Waals surface area contributed by atoms with Crippen molar-refractivity contribution >= 4 is 11.7 Å². The van der Waals surface area contributed by atoms with E-state index in [1.807, 2.05) is 24.4 Å². The summed E-state index contributed by atoms with van der Waals surface area (Å²) in [7, 11) is 0. The maximum absolute atomic E-state index is 13.3. The van der Waals surface area contributed by atoms with Crippen molar-refractivity contribution in [1.82, 2.24) is 15.2 Å². The van der Waals surface area contributed by atoms with Crippen molar-refractivity contribution in [2.75, 3.05) is 24.5 Å². The van der Waals surface area contributed by atoms with Gasteiger partial charge >= 0.3 is 0 Å². The molecule has 5 nitrogen and oxygen atoms in total.